The van der Waals surface area contributed by atoms with Crippen molar-refractivity contribution in [1.82, 2.24) is 24.4 Å². The SMILES string of the molecule is Cc1nc(N2CCN(CCF)CC2)c2nc(-c3ccccc3Cl)n(C3CCOC3)c2n1.Cl. The van der Waals surface area contributed by atoms with Gasteiger partial charge in [-0.3, -0.25) is 4.90 Å². The third-order valence-electron chi connectivity index (χ3n) is 6.09. The van der Waals surface area contributed by atoms with Crippen LogP contribution in [-0.2, 0) is 4.74 Å². The van der Waals surface area contributed by atoms with Crippen molar-refractivity contribution in [3.8, 4) is 11.4 Å². The fourth-order valence-corrected chi connectivity index (χ4v) is 4.71. The molecule has 1 aromatic carbocycles. The van der Waals surface area contributed by atoms with E-state index in [0.717, 1.165) is 67.6 Å². The van der Waals surface area contributed by atoms with Crippen LogP contribution in [0.15, 0.2) is 24.3 Å². The number of nitrogens with zero attached hydrogens (tertiary/aromatic N) is 6. The van der Waals surface area contributed by atoms with Crippen LogP contribution in [0, 0.1) is 6.92 Å². The summed E-state index contributed by atoms with van der Waals surface area (Å²) in [7, 11) is 0. The van der Waals surface area contributed by atoms with Crippen molar-refractivity contribution >= 4 is 41.0 Å². The summed E-state index contributed by atoms with van der Waals surface area (Å²) in [5, 5.41) is 0.657. The van der Waals surface area contributed by atoms with Gasteiger partial charge in [0.1, 0.15) is 18.3 Å². The summed E-state index contributed by atoms with van der Waals surface area (Å²) in [5.41, 5.74) is 2.48. The van der Waals surface area contributed by atoms with Crippen molar-refractivity contribution in [3.05, 3.63) is 35.1 Å². The number of piperazine rings is 1. The Hall–Kier alpha value is -2.00. The lowest BCUT2D eigenvalue weighted by Crippen LogP contribution is -2.47. The molecule has 1 unspecified atom stereocenters. The highest BCUT2D eigenvalue weighted by atomic mass is 35.5. The van der Waals surface area contributed by atoms with Crippen molar-refractivity contribution in [2.75, 3.05) is 57.5 Å². The van der Waals surface area contributed by atoms with Crippen molar-refractivity contribution in [3.63, 3.8) is 0 Å². The van der Waals surface area contributed by atoms with Gasteiger partial charge in [-0.25, -0.2) is 19.3 Å². The predicted molar refractivity (Wildman–Crippen MR) is 127 cm³/mol. The third kappa shape index (κ3) is 4.29. The molecular weight excluding hydrogens is 454 g/mol. The monoisotopic (exact) mass is 480 g/mol. The number of aromatic nitrogens is 4. The Morgan fingerprint density at radius 3 is 2.59 bits per heavy atom. The molecule has 0 bridgehead atoms. The smallest absolute Gasteiger partial charge is 0.166 e. The summed E-state index contributed by atoms with van der Waals surface area (Å²) < 4.78 is 20.6. The number of anilines is 1. The zero-order chi connectivity index (χ0) is 21.4. The maximum Gasteiger partial charge on any atom is 0.166 e. The molecule has 32 heavy (non-hydrogen) atoms. The van der Waals surface area contributed by atoms with Crippen LogP contribution in [0.1, 0.15) is 18.3 Å². The Morgan fingerprint density at radius 2 is 1.91 bits per heavy atom. The molecule has 0 amide bonds. The van der Waals surface area contributed by atoms with Gasteiger partial charge in [0.25, 0.3) is 0 Å². The largest absolute Gasteiger partial charge is 0.379 e. The number of rotatable bonds is 5. The molecule has 2 aromatic heterocycles. The second-order valence-electron chi connectivity index (χ2n) is 8.09. The Labute approximate surface area is 198 Å². The lowest BCUT2D eigenvalue weighted by Gasteiger charge is -2.35. The van der Waals surface area contributed by atoms with Crippen molar-refractivity contribution in [2.24, 2.45) is 0 Å². The van der Waals surface area contributed by atoms with E-state index in [9.17, 15) is 4.39 Å². The quantitative estimate of drug-likeness (QED) is 0.551. The molecule has 4 heterocycles. The van der Waals surface area contributed by atoms with Gasteiger partial charge in [-0.15, -0.1) is 12.4 Å². The lowest BCUT2D eigenvalue weighted by molar-refractivity contribution is 0.187. The average molecular weight is 481 g/mol. The highest BCUT2D eigenvalue weighted by molar-refractivity contribution is 6.33. The number of hydrogen-bond acceptors (Lipinski definition) is 6. The molecule has 2 fully saturated rings. The van der Waals surface area contributed by atoms with Crippen LogP contribution in [0.5, 0.6) is 0 Å². The topological polar surface area (TPSA) is 59.3 Å². The summed E-state index contributed by atoms with van der Waals surface area (Å²) in [4.78, 5) is 19.0. The van der Waals surface area contributed by atoms with Gasteiger partial charge in [0.2, 0.25) is 0 Å². The van der Waals surface area contributed by atoms with Crippen LogP contribution in [0.4, 0.5) is 10.2 Å². The van der Waals surface area contributed by atoms with Crippen LogP contribution >= 0.6 is 24.0 Å². The van der Waals surface area contributed by atoms with Crippen LogP contribution in [0.3, 0.4) is 0 Å². The first-order valence-corrected chi connectivity index (χ1v) is 11.2. The first kappa shape index (κ1) is 23.2. The Bertz CT molecular complexity index is 1080. The summed E-state index contributed by atoms with van der Waals surface area (Å²) >= 11 is 6.56. The highest BCUT2D eigenvalue weighted by Crippen LogP contribution is 2.36. The average Bonchev–Trinajstić information content (AvgIpc) is 3.42. The number of fused-ring (bicyclic) bond motifs is 1. The van der Waals surface area contributed by atoms with Gasteiger partial charge in [-0.05, 0) is 25.5 Å². The fourth-order valence-electron chi connectivity index (χ4n) is 4.49. The highest BCUT2D eigenvalue weighted by Gasteiger charge is 2.29. The van der Waals surface area contributed by atoms with E-state index in [4.69, 9.17) is 31.3 Å². The summed E-state index contributed by atoms with van der Waals surface area (Å²) in [5.74, 6) is 2.35. The molecule has 0 radical (unpaired) electrons. The van der Waals surface area contributed by atoms with Gasteiger partial charge >= 0.3 is 0 Å². The van der Waals surface area contributed by atoms with Crippen molar-refractivity contribution in [1.29, 1.82) is 0 Å². The zero-order valence-electron chi connectivity index (χ0n) is 18.0. The fraction of sp³-hybridized carbons (Fsp3) is 0.500. The van der Waals surface area contributed by atoms with Gasteiger partial charge in [0.05, 0.1) is 17.7 Å². The Balaban J connectivity index is 0.00000245. The second kappa shape index (κ2) is 9.87. The number of halogens is 3. The molecule has 0 aliphatic carbocycles. The first-order chi connectivity index (χ1) is 15.2. The van der Waals surface area contributed by atoms with Crippen molar-refractivity contribution in [2.45, 2.75) is 19.4 Å². The normalized spacial score (nSPS) is 19.5. The molecule has 0 N–H and O–H groups in total. The van der Waals surface area contributed by atoms with E-state index in [1.165, 1.54) is 0 Å². The zero-order valence-corrected chi connectivity index (χ0v) is 19.6. The van der Waals surface area contributed by atoms with Gasteiger partial charge in [-0.1, -0.05) is 23.7 Å². The molecular formula is C22H27Cl2FN6O. The first-order valence-electron chi connectivity index (χ1n) is 10.8. The molecule has 1 atom stereocenters. The maximum atomic E-state index is 12.7. The minimum atomic E-state index is -0.314. The molecule has 2 aliphatic heterocycles. The molecule has 10 heteroatoms. The van der Waals surface area contributed by atoms with Crippen LogP contribution < -0.4 is 4.90 Å². The van der Waals surface area contributed by atoms with Gasteiger partial charge in [0, 0.05) is 44.9 Å². The van der Waals surface area contributed by atoms with Crippen molar-refractivity contribution < 1.29 is 9.13 Å². The van der Waals surface area contributed by atoms with Crippen LogP contribution in [0.2, 0.25) is 5.02 Å². The molecule has 172 valence electrons. The van der Waals surface area contributed by atoms with E-state index in [1.54, 1.807) is 0 Å². The minimum absolute atomic E-state index is 0. The number of hydrogen-bond donors (Lipinski definition) is 0. The van der Waals surface area contributed by atoms with E-state index < -0.39 is 0 Å². The van der Waals surface area contributed by atoms with Gasteiger partial charge in [0.15, 0.2) is 17.0 Å². The number of alkyl halides is 1. The lowest BCUT2D eigenvalue weighted by atomic mass is 10.2. The number of ether oxygens (including phenoxy) is 1. The van der Waals surface area contributed by atoms with E-state index in [1.807, 2.05) is 31.2 Å². The van der Waals surface area contributed by atoms with E-state index in [0.29, 0.717) is 24.0 Å². The molecule has 5 rings (SSSR count). The van der Waals surface area contributed by atoms with E-state index >= 15 is 0 Å². The molecule has 0 saturated carbocycles. The molecule has 0 spiro atoms. The van der Waals surface area contributed by atoms with E-state index in [-0.39, 0.29) is 25.1 Å². The standard InChI is InChI=1S/C22H26ClFN6O.ClH/c1-15-25-21(29-11-9-28(8-7-24)10-12-29)19-22(26-15)30(16-6-13-31-14-16)20(27-19)17-4-2-3-5-18(17)23;/h2-5,16H,6-14H2,1H3;1H. The summed E-state index contributed by atoms with van der Waals surface area (Å²) in [6.07, 6.45) is 0.906. The van der Waals surface area contributed by atoms with Crippen LogP contribution in [-0.4, -0.2) is 77.0 Å². The molecule has 3 aromatic rings. The summed E-state index contributed by atoms with van der Waals surface area (Å²) in [6.45, 7) is 6.62. The Morgan fingerprint density at radius 1 is 1.12 bits per heavy atom. The van der Waals surface area contributed by atoms with E-state index in [2.05, 4.69) is 14.4 Å². The molecule has 2 aliphatic rings. The molecule has 2 saturated heterocycles. The molecule has 7 nitrogen and oxygen atoms in total. The third-order valence-corrected chi connectivity index (χ3v) is 6.42. The van der Waals surface area contributed by atoms with Crippen LogP contribution in [0.25, 0.3) is 22.6 Å². The second-order valence-corrected chi connectivity index (χ2v) is 8.49. The predicted octanol–water partition coefficient (Wildman–Crippen LogP) is 3.93. The number of aryl methyl sites for hydroxylation is 1. The van der Waals surface area contributed by atoms with Gasteiger partial charge in [-0.2, -0.15) is 0 Å². The van der Waals surface area contributed by atoms with Gasteiger partial charge < -0.3 is 14.2 Å². The Kier molecular flexibility index (Phi) is 7.14. The number of imidazole rings is 1. The number of benzene rings is 1. The maximum absolute atomic E-state index is 12.7. The minimum Gasteiger partial charge on any atom is -0.379 e. The summed E-state index contributed by atoms with van der Waals surface area (Å²) in [6, 6.07) is 7.92.